The van der Waals surface area contributed by atoms with E-state index in [9.17, 15) is 8.42 Å². The van der Waals surface area contributed by atoms with Gasteiger partial charge < -0.3 is 4.74 Å². The minimum absolute atomic E-state index is 0.282. The van der Waals surface area contributed by atoms with Gasteiger partial charge in [0.15, 0.2) is 0 Å². The number of hydrogen-bond acceptors (Lipinski definition) is 4. The lowest BCUT2D eigenvalue weighted by molar-refractivity contribution is 0.303. The van der Waals surface area contributed by atoms with Crippen LogP contribution in [0.5, 0.6) is 5.75 Å². The molecule has 0 amide bonds. The Morgan fingerprint density at radius 3 is 2.75 bits per heavy atom. The first-order chi connectivity index (χ1) is 7.42. The summed E-state index contributed by atoms with van der Waals surface area (Å²) in [5.74, 6) is 0.957. The molecule has 0 spiro atoms. The maximum atomic E-state index is 11.1. The van der Waals surface area contributed by atoms with Crippen molar-refractivity contribution in [3.63, 3.8) is 0 Å². The van der Waals surface area contributed by atoms with E-state index in [2.05, 4.69) is 9.71 Å². The first-order valence-corrected chi connectivity index (χ1v) is 7.71. The van der Waals surface area contributed by atoms with Gasteiger partial charge in [-0.2, -0.15) is 0 Å². The fourth-order valence-corrected chi connectivity index (χ4v) is 2.21. The lowest BCUT2D eigenvalue weighted by Crippen LogP contribution is -2.11. The zero-order valence-corrected chi connectivity index (χ0v) is 11.6. The Bertz CT molecular complexity index is 499. The molecule has 0 saturated heterocycles. The number of anilines is 1. The van der Waals surface area contributed by atoms with Gasteiger partial charge in [-0.15, -0.1) is 0 Å². The molecule has 1 aliphatic carbocycles. The molecule has 1 aromatic rings. The van der Waals surface area contributed by atoms with Crippen LogP contribution >= 0.6 is 22.6 Å². The molecule has 0 unspecified atom stereocenters. The minimum Gasteiger partial charge on any atom is -0.490 e. The third-order valence-electron chi connectivity index (χ3n) is 1.88. The fourth-order valence-electron chi connectivity index (χ4n) is 1.16. The smallest absolute Gasteiger partial charge is 0.230 e. The molecule has 1 fully saturated rings. The van der Waals surface area contributed by atoms with Crippen molar-refractivity contribution in [1.82, 2.24) is 4.98 Å². The molecule has 0 radical (unpaired) electrons. The Balaban J connectivity index is 2.20. The quantitative estimate of drug-likeness (QED) is 0.659. The summed E-state index contributed by atoms with van der Waals surface area (Å²) in [7, 11) is -3.29. The van der Waals surface area contributed by atoms with E-state index in [1.807, 2.05) is 22.6 Å². The first-order valence-electron chi connectivity index (χ1n) is 4.74. The molecule has 1 aliphatic rings. The summed E-state index contributed by atoms with van der Waals surface area (Å²) < 4.78 is 30.7. The molecule has 0 bridgehead atoms. The molecule has 1 N–H and O–H groups in total. The summed E-state index contributed by atoms with van der Waals surface area (Å²) in [6, 6.07) is 3.38. The lowest BCUT2D eigenvalue weighted by Gasteiger charge is -2.08. The van der Waals surface area contributed by atoms with Gasteiger partial charge >= 0.3 is 0 Å². The molecule has 16 heavy (non-hydrogen) atoms. The molecule has 0 aliphatic heterocycles. The molecular weight excluding hydrogens is 343 g/mol. The van der Waals surface area contributed by atoms with Gasteiger partial charge in [-0.3, -0.25) is 4.72 Å². The molecule has 5 nitrogen and oxygen atoms in total. The average Bonchev–Trinajstić information content (AvgIpc) is 2.82. The van der Waals surface area contributed by atoms with Crippen LogP contribution in [-0.2, 0) is 10.0 Å². The second-order valence-corrected chi connectivity index (χ2v) is 6.56. The number of nitrogens with zero attached hydrogens (tertiary/aromatic N) is 1. The Kier molecular flexibility index (Phi) is 3.24. The molecule has 1 heterocycles. The fraction of sp³-hybridized carbons (Fsp3) is 0.444. The number of halogens is 1. The van der Waals surface area contributed by atoms with E-state index in [0.717, 1.165) is 19.1 Å². The monoisotopic (exact) mass is 354 g/mol. The first kappa shape index (κ1) is 11.9. The van der Waals surface area contributed by atoms with Gasteiger partial charge in [0.05, 0.1) is 12.4 Å². The van der Waals surface area contributed by atoms with Gasteiger partial charge in [0.1, 0.15) is 15.3 Å². The summed E-state index contributed by atoms with van der Waals surface area (Å²) in [6.45, 7) is 0. The van der Waals surface area contributed by atoms with Crippen molar-refractivity contribution in [2.45, 2.75) is 18.9 Å². The zero-order chi connectivity index (χ0) is 11.8. The molecule has 7 heteroatoms. The van der Waals surface area contributed by atoms with Crippen LogP contribution in [0, 0.1) is 3.70 Å². The number of pyridine rings is 1. The molecular formula is C9H11IN2O3S. The third kappa shape index (κ3) is 3.78. The van der Waals surface area contributed by atoms with Gasteiger partial charge in [-0.1, -0.05) is 0 Å². The van der Waals surface area contributed by atoms with Crippen molar-refractivity contribution in [2.75, 3.05) is 11.0 Å². The van der Waals surface area contributed by atoms with Gasteiger partial charge in [-0.05, 0) is 35.4 Å². The van der Waals surface area contributed by atoms with Crippen LogP contribution in [0.1, 0.15) is 12.8 Å². The van der Waals surface area contributed by atoms with Crippen molar-refractivity contribution < 1.29 is 13.2 Å². The van der Waals surface area contributed by atoms with E-state index in [0.29, 0.717) is 15.3 Å². The summed E-state index contributed by atoms with van der Waals surface area (Å²) >= 11 is 2.02. The van der Waals surface area contributed by atoms with Gasteiger partial charge in [-0.25, -0.2) is 13.4 Å². The van der Waals surface area contributed by atoms with Gasteiger partial charge in [0.2, 0.25) is 10.0 Å². The van der Waals surface area contributed by atoms with Crippen LogP contribution in [0.25, 0.3) is 0 Å². The van der Waals surface area contributed by atoms with Crippen LogP contribution in [0.2, 0.25) is 0 Å². The summed E-state index contributed by atoms with van der Waals surface area (Å²) in [5, 5.41) is 0. The van der Waals surface area contributed by atoms with Crippen LogP contribution in [-0.4, -0.2) is 25.8 Å². The Morgan fingerprint density at radius 2 is 2.19 bits per heavy atom. The predicted octanol–water partition coefficient (Wildman–Crippen LogP) is 1.60. The Hall–Kier alpha value is -0.570. The maximum absolute atomic E-state index is 11.1. The number of aromatic nitrogens is 1. The van der Waals surface area contributed by atoms with Crippen molar-refractivity contribution in [3.05, 3.63) is 15.8 Å². The molecule has 88 valence electrons. The summed E-state index contributed by atoms with van der Waals surface area (Å²) in [4.78, 5) is 4.06. The van der Waals surface area contributed by atoms with Crippen molar-refractivity contribution >= 4 is 38.4 Å². The highest BCUT2D eigenvalue weighted by Crippen LogP contribution is 2.28. The second-order valence-electron chi connectivity index (χ2n) is 3.70. The SMILES string of the molecule is CS(=O)(=O)Nc1cc(OC2CC2)cc(I)n1. The van der Waals surface area contributed by atoms with Crippen LogP contribution < -0.4 is 9.46 Å². The highest BCUT2D eigenvalue weighted by atomic mass is 127. The molecule has 2 rings (SSSR count). The normalized spacial score (nSPS) is 15.9. The second kappa shape index (κ2) is 4.36. The standard InChI is InChI=1S/C9H11IN2O3S/c1-16(13,14)12-9-5-7(4-8(10)11-9)15-6-2-3-6/h4-6H,2-3H2,1H3,(H,11,12). The summed E-state index contributed by atoms with van der Waals surface area (Å²) in [5.41, 5.74) is 0. The lowest BCUT2D eigenvalue weighted by atomic mass is 10.4. The van der Waals surface area contributed by atoms with E-state index in [1.54, 1.807) is 12.1 Å². The summed E-state index contributed by atoms with van der Waals surface area (Å²) in [6.07, 6.45) is 3.50. The van der Waals surface area contributed by atoms with E-state index >= 15 is 0 Å². The van der Waals surface area contributed by atoms with Crippen molar-refractivity contribution in [2.24, 2.45) is 0 Å². The van der Waals surface area contributed by atoms with Gasteiger partial charge in [0, 0.05) is 12.1 Å². The highest BCUT2D eigenvalue weighted by molar-refractivity contribution is 14.1. The van der Waals surface area contributed by atoms with Gasteiger partial charge in [0.25, 0.3) is 0 Å². The molecule has 1 aromatic heterocycles. The van der Waals surface area contributed by atoms with Crippen LogP contribution in [0.15, 0.2) is 12.1 Å². The minimum atomic E-state index is -3.29. The molecule has 0 atom stereocenters. The maximum Gasteiger partial charge on any atom is 0.230 e. The topological polar surface area (TPSA) is 68.3 Å². The zero-order valence-electron chi connectivity index (χ0n) is 8.60. The van der Waals surface area contributed by atoms with Crippen molar-refractivity contribution in [3.8, 4) is 5.75 Å². The largest absolute Gasteiger partial charge is 0.490 e. The van der Waals surface area contributed by atoms with E-state index in [1.165, 1.54) is 0 Å². The van der Waals surface area contributed by atoms with E-state index < -0.39 is 10.0 Å². The van der Waals surface area contributed by atoms with E-state index in [4.69, 9.17) is 4.74 Å². The molecule has 0 aromatic carbocycles. The number of ether oxygens (including phenoxy) is 1. The number of sulfonamides is 1. The number of rotatable bonds is 4. The van der Waals surface area contributed by atoms with Crippen molar-refractivity contribution in [1.29, 1.82) is 0 Å². The average molecular weight is 354 g/mol. The Labute approximate surface area is 108 Å². The Morgan fingerprint density at radius 1 is 1.50 bits per heavy atom. The molecule has 1 saturated carbocycles. The number of hydrogen-bond donors (Lipinski definition) is 1. The van der Waals surface area contributed by atoms with E-state index in [-0.39, 0.29) is 6.10 Å². The van der Waals surface area contributed by atoms with Crippen LogP contribution in [0.4, 0.5) is 5.82 Å². The van der Waals surface area contributed by atoms with Crippen LogP contribution in [0.3, 0.4) is 0 Å². The number of nitrogens with one attached hydrogen (secondary N) is 1. The highest BCUT2D eigenvalue weighted by Gasteiger charge is 2.23. The third-order valence-corrected chi connectivity index (χ3v) is 3.02. The predicted molar refractivity (Wildman–Crippen MR) is 69.1 cm³/mol.